The Balaban J connectivity index is 2.53. The highest BCUT2D eigenvalue weighted by Crippen LogP contribution is 2.41. The zero-order chi connectivity index (χ0) is 77.2. The van der Waals surface area contributed by atoms with E-state index in [4.69, 9.17) is 0 Å². The van der Waals surface area contributed by atoms with Crippen molar-refractivity contribution >= 4 is 76.6 Å². The molecule has 1 aliphatic carbocycles. The molecule has 1 saturated heterocycles. The van der Waals surface area contributed by atoms with Crippen molar-refractivity contribution in [1.82, 2.24) is 54.7 Å². The van der Waals surface area contributed by atoms with Gasteiger partial charge in [0.2, 0.25) is 53.2 Å². The van der Waals surface area contributed by atoms with E-state index in [0.29, 0.717) is 17.7 Å². The number of ketones is 1. The summed E-state index contributed by atoms with van der Waals surface area (Å²) in [4.78, 5) is 182. The van der Waals surface area contributed by atoms with Crippen molar-refractivity contribution in [2.75, 3.05) is 69.2 Å². The van der Waals surface area contributed by atoms with Gasteiger partial charge in [0.25, 0.3) is 5.91 Å². The molecule has 0 radical (unpaired) electrons. The smallest absolute Gasteiger partial charge is 0.256 e. The first kappa shape index (κ1) is 88.8. The van der Waals surface area contributed by atoms with Gasteiger partial charge in [0, 0.05) is 79.5 Å². The van der Waals surface area contributed by atoms with Gasteiger partial charge in [-0.25, -0.2) is 0 Å². The topological polar surface area (TPSA) is 261 Å². The van der Waals surface area contributed by atoms with Crippen LogP contribution in [-0.4, -0.2) is 255 Å². The molecule has 1 aliphatic heterocycles. The Morgan fingerprint density at radius 1 is 0.535 bits per heavy atom. The summed E-state index contributed by atoms with van der Waals surface area (Å²) in [5.41, 5.74) is 0.363. The lowest BCUT2D eigenvalue weighted by molar-refractivity contribution is -0.157. The number of thioether (sulfide) groups is 1. The number of allylic oxidation sites excluding steroid dienone is 2. The van der Waals surface area contributed by atoms with Crippen molar-refractivity contribution < 1.29 is 57.8 Å². The van der Waals surface area contributed by atoms with E-state index >= 15 is 38.4 Å². The zero-order valence-electron chi connectivity index (χ0n) is 66.4. The lowest BCUT2D eigenvalue weighted by Crippen LogP contribution is -2.62. The number of amides is 10. The van der Waals surface area contributed by atoms with E-state index < -0.39 is 161 Å². The maximum Gasteiger partial charge on any atom is 0.256 e. The molecule has 1 unspecified atom stereocenters. The van der Waals surface area contributed by atoms with Gasteiger partial charge in [-0.15, -0.1) is 11.8 Å². The monoisotopic (exact) mass is 1430 g/mol. The fraction of sp³-hybridized carbons (Fsp3) is 0.753. The molecule has 0 spiro atoms. The molecule has 572 valence electrons. The first-order chi connectivity index (χ1) is 47.0. The number of hydrogen-bond acceptors (Lipinski definition) is 14. The third-order valence-electron chi connectivity index (χ3n) is 20.7. The van der Waals surface area contributed by atoms with Gasteiger partial charge < -0.3 is 59.8 Å². The second kappa shape index (κ2) is 40.0. The fourth-order valence-corrected chi connectivity index (χ4v) is 15.6. The quantitative estimate of drug-likeness (QED) is 0.0992. The van der Waals surface area contributed by atoms with E-state index in [9.17, 15) is 19.5 Å². The van der Waals surface area contributed by atoms with Gasteiger partial charge in [-0.2, -0.15) is 0 Å². The van der Waals surface area contributed by atoms with Gasteiger partial charge >= 0.3 is 0 Å². The van der Waals surface area contributed by atoms with Crippen LogP contribution in [0, 0.1) is 47.3 Å². The van der Waals surface area contributed by atoms with Gasteiger partial charge in [0.05, 0.1) is 6.10 Å². The van der Waals surface area contributed by atoms with E-state index in [-0.39, 0.29) is 67.9 Å². The predicted octanol–water partition coefficient (Wildman–Crippen LogP) is 7.82. The fourth-order valence-electron chi connectivity index (χ4n) is 14.0. The van der Waals surface area contributed by atoms with Crippen LogP contribution in [0.5, 0.6) is 0 Å². The summed E-state index contributed by atoms with van der Waals surface area (Å²) in [6.45, 7) is 30.5. The minimum absolute atomic E-state index is 0.0730. The van der Waals surface area contributed by atoms with E-state index in [0.717, 1.165) is 19.3 Å². The number of likely N-dealkylation sites (N-methyl/N-ethyl adjacent to an activating group) is 7. The predicted molar refractivity (Wildman–Crippen MR) is 400 cm³/mol. The van der Waals surface area contributed by atoms with Gasteiger partial charge in [-0.05, 0) is 140 Å². The number of nitrogens with one attached hydrogen (secondary N) is 2. The van der Waals surface area contributed by atoms with Crippen molar-refractivity contribution in [1.29, 1.82) is 0 Å². The Hall–Kier alpha value is -6.40. The number of benzene rings is 1. The average Bonchev–Trinajstić information content (AvgIpc) is 0.805. The molecule has 1 heterocycles. The summed E-state index contributed by atoms with van der Waals surface area (Å²) in [7, 11) is 14.4. The van der Waals surface area contributed by atoms with Crippen LogP contribution in [0.1, 0.15) is 187 Å². The molecule has 24 heteroatoms. The number of hydrogen-bond donors (Lipinski definition) is 3. The molecular weight excluding hydrogens is 1300 g/mol. The van der Waals surface area contributed by atoms with Gasteiger partial charge in [0.15, 0.2) is 11.2 Å². The number of rotatable bonds is 21. The molecule has 1 aromatic rings. The van der Waals surface area contributed by atoms with Crippen LogP contribution in [0.2, 0.25) is 0 Å². The summed E-state index contributed by atoms with van der Waals surface area (Å²) in [5.74, 6) is -9.84. The van der Waals surface area contributed by atoms with Crippen LogP contribution in [0.3, 0.4) is 0 Å². The maximum absolute atomic E-state index is 16.2. The highest BCUT2D eigenvalue weighted by molar-refractivity contribution is 8.00. The minimum Gasteiger partial charge on any atom is -0.390 e. The van der Waals surface area contributed by atoms with E-state index in [1.807, 2.05) is 133 Å². The zero-order valence-corrected chi connectivity index (χ0v) is 67.2. The maximum atomic E-state index is 16.2. The van der Waals surface area contributed by atoms with E-state index in [2.05, 4.69) is 15.5 Å². The molecule has 23 nitrogen and oxygen atoms in total. The average molecular weight is 1440 g/mol. The number of nitrogens with zero attached hydrogens (tertiary/aromatic N) is 9. The molecule has 101 heavy (non-hydrogen) atoms. The van der Waals surface area contributed by atoms with Crippen LogP contribution >= 0.6 is 11.8 Å². The molecule has 0 aromatic heterocycles. The van der Waals surface area contributed by atoms with Gasteiger partial charge in [-0.1, -0.05) is 139 Å². The van der Waals surface area contributed by atoms with E-state index in [1.165, 1.54) is 107 Å². The number of carbonyl (C=O) groups excluding carboxylic acids is 11. The van der Waals surface area contributed by atoms with Crippen LogP contribution in [0.4, 0.5) is 0 Å². The van der Waals surface area contributed by atoms with Crippen molar-refractivity contribution in [2.45, 2.75) is 260 Å². The summed E-state index contributed by atoms with van der Waals surface area (Å²) < 4.78 is 0. The first-order valence-corrected chi connectivity index (χ1v) is 37.9. The largest absolute Gasteiger partial charge is 0.390 e. The lowest BCUT2D eigenvalue weighted by atomic mass is 9.77. The van der Waals surface area contributed by atoms with Crippen molar-refractivity contribution in [3.63, 3.8) is 0 Å². The molecule has 3 rings (SSSR count). The van der Waals surface area contributed by atoms with Crippen molar-refractivity contribution in [3.8, 4) is 0 Å². The molecule has 10 amide bonds. The lowest BCUT2D eigenvalue weighted by Gasteiger charge is -2.48. The third kappa shape index (κ3) is 23.3. The number of Topliss-reactive ketones (excluding diaryl/α,β-unsaturated/α-hetero) is 1. The van der Waals surface area contributed by atoms with Crippen molar-refractivity contribution in [3.05, 3.63) is 48.0 Å². The SMILES string of the molecule is C/C=C/C[C@@H](C)[C@@H](O)C1C(=O)C[C@H](CC)C(=O)N(C)[C@H](SCC2(N(C)C)CCC2)C(=O)N(C)[C@@H](CC(C)C)C(=O)N(Cc2ccccc2)[C@H](C(C)C)C(=O)N(C)[C@H](CC(C)C)C(=O)N[C@H](C)C(=O)N[C@@H](C)C(=O)N(C)[C@H](CC(C)C)C(=O)N(C)[C@H](CC(C)C)C(=O)N(C)[C@H](C(C)C)C(=O)N1C. The Morgan fingerprint density at radius 3 is 1.43 bits per heavy atom. The summed E-state index contributed by atoms with van der Waals surface area (Å²) in [6.07, 6.45) is 5.38. The number of carbonyl (C=O) groups is 11. The summed E-state index contributed by atoms with van der Waals surface area (Å²) >= 11 is 1.28. The molecule has 2 aliphatic rings. The highest BCUT2D eigenvalue weighted by Gasteiger charge is 2.49. The van der Waals surface area contributed by atoms with Crippen molar-refractivity contribution in [2.24, 2.45) is 47.3 Å². The molecule has 2 fully saturated rings. The Kier molecular flexibility index (Phi) is 35.2. The van der Waals surface area contributed by atoms with E-state index in [1.54, 1.807) is 34.7 Å². The number of aliphatic hydroxyl groups is 1. The second-order valence-electron chi connectivity index (χ2n) is 31.6. The minimum atomic E-state index is -1.54. The van der Waals surface area contributed by atoms with Gasteiger partial charge in [0.1, 0.15) is 54.4 Å². The summed E-state index contributed by atoms with van der Waals surface area (Å²) in [5, 5.41) is 16.8. The second-order valence-corrected chi connectivity index (χ2v) is 32.7. The Morgan fingerprint density at radius 2 is 0.970 bits per heavy atom. The molecule has 1 saturated carbocycles. The first-order valence-electron chi connectivity index (χ1n) is 36.9. The summed E-state index contributed by atoms with van der Waals surface area (Å²) in [6, 6.07) is -2.03. The molecule has 1 aromatic carbocycles. The molecule has 13 atom stereocenters. The van der Waals surface area contributed by atoms with Gasteiger partial charge in [-0.3, -0.25) is 52.7 Å². The molecule has 3 N–H and O–H groups in total. The van der Waals surface area contributed by atoms with Crippen LogP contribution in [0.25, 0.3) is 0 Å². The Labute approximate surface area is 610 Å². The number of aliphatic hydroxyl groups excluding tert-OH is 1. The normalized spacial score (nSPS) is 26.7. The third-order valence-corrected chi connectivity index (χ3v) is 22.3. The van der Waals surface area contributed by atoms with Crippen LogP contribution < -0.4 is 10.6 Å². The standard InChI is InChI=1S/C77H131N11O12S/c1-27-29-34-52(15)65(90)64-61(89)43-56(28-2)69(94)87(26)76(101-45-77(80(18)19)37-33-38-77)75(100)84(23)60(42-49(9)10)72(97)88(44-55-35-31-30-32-36-55)63(51(13)14)74(99)81(20)57(39-46(3)4)67(92)78-53(16)66(91)79-54(17)68(93)82(21)58(40-47(5)6)70(95)83(22)59(41-48(7)8)71(96)85(24)62(50(11)12)73(98)86(64)25/h27,29-32,35-36,46-54,56-60,62-65,76,90H,28,33-34,37-45H2,1-26H3,(H,78,92)(H,79,91)/b29-27+/t52-,53-,54+,56+,57-,58-,59-,60+,62-,63-,64?,65-,76-/m1/s1. The van der Waals surface area contributed by atoms with Crippen LogP contribution in [0.15, 0.2) is 42.5 Å². The molecule has 0 bridgehead atoms. The highest BCUT2D eigenvalue weighted by atomic mass is 32.2. The molecular formula is C77H131N11O12S. The van der Waals surface area contributed by atoms with Crippen LogP contribution in [-0.2, 0) is 59.3 Å². The Bertz CT molecular complexity index is 2970.